The van der Waals surface area contributed by atoms with Gasteiger partial charge >= 0.3 is 0 Å². The minimum Gasteiger partial charge on any atom is -0.398 e. The van der Waals surface area contributed by atoms with Crippen LogP contribution in [0.5, 0.6) is 0 Å². The Morgan fingerprint density at radius 3 is 2.50 bits per heavy atom. The summed E-state index contributed by atoms with van der Waals surface area (Å²) >= 11 is 0. The van der Waals surface area contributed by atoms with Crippen molar-refractivity contribution in [3.05, 3.63) is 29.3 Å². The van der Waals surface area contributed by atoms with Gasteiger partial charge in [-0.2, -0.15) is 0 Å². The van der Waals surface area contributed by atoms with Gasteiger partial charge in [0.15, 0.2) is 11.6 Å². The van der Waals surface area contributed by atoms with Crippen LogP contribution in [-0.2, 0) is 0 Å². The molecule has 1 aliphatic rings. The van der Waals surface area contributed by atoms with E-state index in [1.807, 2.05) is 0 Å². The summed E-state index contributed by atoms with van der Waals surface area (Å²) in [5.41, 5.74) is 5.38. The molecule has 0 atom stereocenters. The molecule has 1 amide bonds. The SMILES string of the molecule is Nc1cc(F)c(F)cc1C(=O)NCC1CCC(O)CC1. The van der Waals surface area contributed by atoms with E-state index in [1.54, 1.807) is 0 Å². The summed E-state index contributed by atoms with van der Waals surface area (Å²) in [6, 6.07) is 1.62. The zero-order chi connectivity index (χ0) is 14.7. The van der Waals surface area contributed by atoms with Crippen LogP contribution in [-0.4, -0.2) is 23.7 Å². The van der Waals surface area contributed by atoms with Crippen molar-refractivity contribution in [1.29, 1.82) is 0 Å². The molecule has 1 fully saturated rings. The standard InChI is InChI=1S/C14H18F2N2O2/c15-11-5-10(13(17)6-12(11)16)14(20)18-7-8-1-3-9(19)4-2-8/h5-6,8-9,19H,1-4,7,17H2,(H,18,20). The molecule has 4 nitrogen and oxygen atoms in total. The second kappa shape index (κ2) is 6.17. The molecule has 20 heavy (non-hydrogen) atoms. The summed E-state index contributed by atoms with van der Waals surface area (Å²) in [6.07, 6.45) is 2.90. The predicted octanol–water partition coefficient (Wildman–Crippen LogP) is 1.83. The molecule has 1 aromatic carbocycles. The molecular formula is C14H18F2N2O2. The fraction of sp³-hybridized carbons (Fsp3) is 0.500. The Kier molecular flexibility index (Phi) is 4.54. The van der Waals surface area contributed by atoms with Crippen molar-refractivity contribution in [2.75, 3.05) is 12.3 Å². The molecule has 0 heterocycles. The maximum atomic E-state index is 13.1. The molecule has 0 aromatic heterocycles. The number of amides is 1. The van der Waals surface area contributed by atoms with E-state index in [-0.39, 0.29) is 17.4 Å². The van der Waals surface area contributed by atoms with Gasteiger partial charge in [-0.25, -0.2) is 8.78 Å². The van der Waals surface area contributed by atoms with E-state index in [2.05, 4.69) is 5.32 Å². The molecule has 0 saturated heterocycles. The van der Waals surface area contributed by atoms with E-state index in [0.717, 1.165) is 37.8 Å². The van der Waals surface area contributed by atoms with Crippen LogP contribution in [0.15, 0.2) is 12.1 Å². The van der Waals surface area contributed by atoms with Crippen molar-refractivity contribution in [2.24, 2.45) is 5.92 Å². The zero-order valence-electron chi connectivity index (χ0n) is 11.0. The van der Waals surface area contributed by atoms with Crippen LogP contribution < -0.4 is 11.1 Å². The van der Waals surface area contributed by atoms with E-state index in [9.17, 15) is 18.7 Å². The Balaban J connectivity index is 1.93. The fourth-order valence-electron chi connectivity index (χ4n) is 2.44. The first-order valence-corrected chi connectivity index (χ1v) is 6.68. The van der Waals surface area contributed by atoms with Crippen molar-refractivity contribution in [2.45, 2.75) is 31.8 Å². The van der Waals surface area contributed by atoms with Gasteiger partial charge in [-0.3, -0.25) is 4.79 Å². The molecule has 1 saturated carbocycles. The molecule has 110 valence electrons. The first kappa shape index (κ1) is 14.7. The molecule has 0 bridgehead atoms. The van der Waals surface area contributed by atoms with Gasteiger partial charge in [-0.15, -0.1) is 0 Å². The zero-order valence-corrected chi connectivity index (χ0v) is 11.0. The van der Waals surface area contributed by atoms with E-state index < -0.39 is 17.5 Å². The molecule has 2 rings (SSSR count). The molecule has 0 radical (unpaired) electrons. The highest BCUT2D eigenvalue weighted by Crippen LogP contribution is 2.24. The average molecular weight is 284 g/mol. The number of nitrogen functional groups attached to an aromatic ring is 1. The monoisotopic (exact) mass is 284 g/mol. The minimum atomic E-state index is -1.09. The summed E-state index contributed by atoms with van der Waals surface area (Å²) < 4.78 is 26.0. The highest BCUT2D eigenvalue weighted by atomic mass is 19.2. The number of rotatable bonds is 3. The van der Waals surface area contributed by atoms with E-state index in [1.165, 1.54) is 0 Å². The number of nitrogens with two attached hydrogens (primary N) is 1. The van der Waals surface area contributed by atoms with Gasteiger partial charge in [0.25, 0.3) is 5.91 Å². The fourth-order valence-corrected chi connectivity index (χ4v) is 2.44. The van der Waals surface area contributed by atoms with Crippen LogP contribution in [0.25, 0.3) is 0 Å². The minimum absolute atomic E-state index is 0.0558. The maximum Gasteiger partial charge on any atom is 0.253 e. The molecule has 0 unspecified atom stereocenters. The number of anilines is 1. The number of hydrogen-bond donors (Lipinski definition) is 3. The Labute approximate surface area is 116 Å². The van der Waals surface area contributed by atoms with Crippen LogP contribution in [0.2, 0.25) is 0 Å². The molecule has 0 aliphatic heterocycles. The highest BCUT2D eigenvalue weighted by Gasteiger charge is 2.21. The Bertz CT molecular complexity index is 500. The average Bonchev–Trinajstić information content (AvgIpc) is 2.42. The summed E-state index contributed by atoms with van der Waals surface area (Å²) in [6.45, 7) is 0.448. The van der Waals surface area contributed by atoms with Crippen molar-refractivity contribution in [3.63, 3.8) is 0 Å². The number of aliphatic hydroxyl groups excluding tert-OH is 1. The second-order valence-electron chi connectivity index (χ2n) is 5.24. The number of benzene rings is 1. The number of hydrogen-bond acceptors (Lipinski definition) is 3. The van der Waals surface area contributed by atoms with Crippen LogP contribution >= 0.6 is 0 Å². The molecule has 4 N–H and O–H groups in total. The van der Waals surface area contributed by atoms with Crippen LogP contribution in [0.1, 0.15) is 36.0 Å². The number of carbonyl (C=O) groups is 1. The van der Waals surface area contributed by atoms with E-state index in [4.69, 9.17) is 5.73 Å². The lowest BCUT2D eigenvalue weighted by Crippen LogP contribution is -2.32. The Hall–Kier alpha value is -1.69. The lowest BCUT2D eigenvalue weighted by Gasteiger charge is -2.25. The van der Waals surface area contributed by atoms with Gasteiger partial charge in [0, 0.05) is 18.3 Å². The lowest BCUT2D eigenvalue weighted by molar-refractivity contribution is 0.0910. The van der Waals surface area contributed by atoms with Crippen molar-refractivity contribution >= 4 is 11.6 Å². The first-order valence-electron chi connectivity index (χ1n) is 6.68. The van der Waals surface area contributed by atoms with E-state index in [0.29, 0.717) is 12.5 Å². The predicted molar refractivity (Wildman–Crippen MR) is 71.1 cm³/mol. The van der Waals surface area contributed by atoms with Gasteiger partial charge in [0.2, 0.25) is 0 Å². The number of carbonyl (C=O) groups excluding carboxylic acids is 1. The molecular weight excluding hydrogens is 266 g/mol. The lowest BCUT2D eigenvalue weighted by atomic mass is 9.87. The van der Waals surface area contributed by atoms with Crippen LogP contribution in [0.4, 0.5) is 14.5 Å². The summed E-state index contributed by atoms with van der Waals surface area (Å²) in [7, 11) is 0. The topological polar surface area (TPSA) is 75.4 Å². The second-order valence-corrected chi connectivity index (χ2v) is 5.24. The van der Waals surface area contributed by atoms with Gasteiger partial charge < -0.3 is 16.2 Å². The summed E-state index contributed by atoms with van der Waals surface area (Å²) in [5.74, 6) is -2.37. The largest absolute Gasteiger partial charge is 0.398 e. The highest BCUT2D eigenvalue weighted by molar-refractivity contribution is 5.99. The van der Waals surface area contributed by atoms with Gasteiger partial charge in [-0.1, -0.05) is 0 Å². The van der Waals surface area contributed by atoms with Crippen molar-refractivity contribution in [3.8, 4) is 0 Å². The van der Waals surface area contributed by atoms with E-state index >= 15 is 0 Å². The summed E-state index contributed by atoms with van der Waals surface area (Å²) in [5, 5.41) is 12.1. The van der Waals surface area contributed by atoms with Crippen LogP contribution in [0.3, 0.4) is 0 Å². The Morgan fingerprint density at radius 1 is 1.25 bits per heavy atom. The Morgan fingerprint density at radius 2 is 1.85 bits per heavy atom. The third-order valence-corrected chi connectivity index (χ3v) is 3.70. The summed E-state index contributed by atoms with van der Waals surface area (Å²) in [4.78, 5) is 11.9. The number of nitrogens with one attached hydrogen (secondary N) is 1. The molecule has 0 spiro atoms. The maximum absolute atomic E-state index is 13.1. The quantitative estimate of drug-likeness (QED) is 0.741. The third-order valence-electron chi connectivity index (χ3n) is 3.70. The molecule has 6 heteroatoms. The van der Waals surface area contributed by atoms with Gasteiger partial charge in [-0.05, 0) is 37.7 Å². The van der Waals surface area contributed by atoms with Crippen molar-refractivity contribution in [1.82, 2.24) is 5.32 Å². The van der Waals surface area contributed by atoms with Crippen molar-refractivity contribution < 1.29 is 18.7 Å². The van der Waals surface area contributed by atoms with Gasteiger partial charge in [0.05, 0.1) is 11.7 Å². The third kappa shape index (κ3) is 3.45. The number of aliphatic hydroxyl groups is 1. The first-order chi connectivity index (χ1) is 9.47. The smallest absolute Gasteiger partial charge is 0.253 e. The molecule has 1 aromatic rings. The van der Waals surface area contributed by atoms with Gasteiger partial charge in [0.1, 0.15) is 0 Å². The molecule has 1 aliphatic carbocycles. The normalized spacial score (nSPS) is 22.6. The number of halogens is 2. The van der Waals surface area contributed by atoms with Crippen LogP contribution in [0, 0.1) is 17.6 Å².